The molecule has 1 aromatic rings. The molecule has 1 aliphatic carbocycles. The monoisotopic (exact) mass is 230 g/mol. The van der Waals surface area contributed by atoms with Crippen LogP contribution in [-0.4, -0.2) is 6.04 Å². The van der Waals surface area contributed by atoms with Gasteiger partial charge in [0.1, 0.15) is 0 Å². The molecule has 3 N–H and O–H groups in total. The summed E-state index contributed by atoms with van der Waals surface area (Å²) >= 11 is 0. The molecule has 16 heavy (non-hydrogen) atoms. The summed E-state index contributed by atoms with van der Waals surface area (Å²) in [7, 11) is 0. The van der Waals surface area contributed by atoms with E-state index in [0.717, 1.165) is 23.6 Å². The van der Waals surface area contributed by atoms with Gasteiger partial charge in [-0.25, -0.2) is 0 Å². The molecular formula is C11H13F3N2. The van der Waals surface area contributed by atoms with Crippen molar-refractivity contribution in [2.45, 2.75) is 31.5 Å². The predicted octanol–water partition coefficient (Wildman–Crippen LogP) is 2.03. The molecule has 88 valence electrons. The molecule has 1 aliphatic rings. The normalized spacial score (nSPS) is 20.6. The second kappa shape index (κ2) is 4.07. The Morgan fingerprint density at radius 3 is 2.62 bits per heavy atom. The van der Waals surface area contributed by atoms with E-state index in [2.05, 4.69) is 5.43 Å². The first-order chi connectivity index (χ1) is 7.50. The number of halogens is 3. The van der Waals surface area contributed by atoms with Crippen molar-refractivity contribution in [1.82, 2.24) is 5.43 Å². The zero-order valence-corrected chi connectivity index (χ0v) is 8.64. The zero-order valence-electron chi connectivity index (χ0n) is 8.64. The summed E-state index contributed by atoms with van der Waals surface area (Å²) in [5.41, 5.74) is 3.86. The van der Waals surface area contributed by atoms with Crippen LogP contribution >= 0.6 is 0 Å². The number of hydrazine groups is 1. The molecule has 0 heterocycles. The Labute approximate surface area is 91.6 Å². The average molecular weight is 230 g/mol. The minimum atomic E-state index is -4.25. The van der Waals surface area contributed by atoms with E-state index < -0.39 is 11.7 Å². The van der Waals surface area contributed by atoms with Crippen molar-refractivity contribution in [3.05, 3.63) is 34.9 Å². The molecule has 0 spiro atoms. The van der Waals surface area contributed by atoms with Crippen molar-refractivity contribution in [2.24, 2.45) is 5.84 Å². The van der Waals surface area contributed by atoms with Gasteiger partial charge in [-0.2, -0.15) is 13.2 Å². The van der Waals surface area contributed by atoms with Crippen LogP contribution in [-0.2, 0) is 19.0 Å². The molecule has 0 fully saturated rings. The van der Waals surface area contributed by atoms with E-state index in [1.54, 1.807) is 6.07 Å². The van der Waals surface area contributed by atoms with E-state index in [1.165, 1.54) is 6.07 Å². The van der Waals surface area contributed by atoms with E-state index in [4.69, 9.17) is 5.84 Å². The Morgan fingerprint density at radius 1 is 1.25 bits per heavy atom. The van der Waals surface area contributed by atoms with Crippen molar-refractivity contribution >= 4 is 0 Å². The van der Waals surface area contributed by atoms with E-state index in [9.17, 15) is 13.2 Å². The molecule has 1 atom stereocenters. The molecular weight excluding hydrogens is 217 g/mol. The number of benzene rings is 1. The number of rotatable bonds is 1. The molecule has 1 aromatic carbocycles. The summed E-state index contributed by atoms with van der Waals surface area (Å²) in [6, 6.07) is 4.12. The molecule has 0 saturated heterocycles. The minimum Gasteiger partial charge on any atom is -0.271 e. The number of nitrogens with two attached hydrogens (primary N) is 1. The van der Waals surface area contributed by atoms with Gasteiger partial charge in [0.2, 0.25) is 0 Å². The van der Waals surface area contributed by atoms with Gasteiger partial charge in [-0.05, 0) is 42.5 Å². The summed E-state index contributed by atoms with van der Waals surface area (Å²) in [4.78, 5) is 0. The molecule has 0 aliphatic heterocycles. The molecule has 5 heteroatoms. The maximum absolute atomic E-state index is 12.5. The Kier molecular flexibility index (Phi) is 2.90. The Bertz CT molecular complexity index is 387. The first kappa shape index (κ1) is 11.4. The Balaban J connectivity index is 2.28. The van der Waals surface area contributed by atoms with Gasteiger partial charge >= 0.3 is 6.18 Å². The van der Waals surface area contributed by atoms with Gasteiger partial charge in [0, 0.05) is 6.04 Å². The summed E-state index contributed by atoms with van der Waals surface area (Å²) < 4.78 is 37.4. The largest absolute Gasteiger partial charge is 0.416 e. The van der Waals surface area contributed by atoms with Crippen LogP contribution in [0.2, 0.25) is 0 Å². The number of fused-ring (bicyclic) bond motifs is 1. The smallest absolute Gasteiger partial charge is 0.271 e. The van der Waals surface area contributed by atoms with E-state index in [0.29, 0.717) is 12.8 Å². The van der Waals surface area contributed by atoms with Crippen LogP contribution in [0.4, 0.5) is 13.2 Å². The maximum atomic E-state index is 12.5. The number of aryl methyl sites for hydroxylation is 1. The summed E-state index contributed by atoms with van der Waals surface area (Å²) in [6.45, 7) is 0. The second-order valence-electron chi connectivity index (χ2n) is 4.09. The van der Waals surface area contributed by atoms with Gasteiger partial charge < -0.3 is 0 Å². The van der Waals surface area contributed by atoms with Crippen molar-refractivity contribution in [1.29, 1.82) is 0 Å². The fraction of sp³-hybridized carbons (Fsp3) is 0.455. The van der Waals surface area contributed by atoms with Crippen molar-refractivity contribution < 1.29 is 13.2 Å². The van der Waals surface area contributed by atoms with Crippen molar-refractivity contribution in [3.8, 4) is 0 Å². The SMILES string of the molecule is NNC1CCc2cc(C(F)(F)F)ccc2C1. The van der Waals surface area contributed by atoms with E-state index in [1.807, 2.05) is 0 Å². The van der Waals surface area contributed by atoms with Crippen LogP contribution in [0.25, 0.3) is 0 Å². The van der Waals surface area contributed by atoms with Gasteiger partial charge in [0.25, 0.3) is 0 Å². The number of alkyl halides is 3. The standard InChI is InChI=1S/C11H13F3N2/c12-11(13,14)9-3-1-8-6-10(16-15)4-2-7(8)5-9/h1,3,5,10,16H,2,4,6,15H2. The Hall–Kier alpha value is -1.07. The lowest BCUT2D eigenvalue weighted by molar-refractivity contribution is -0.137. The summed E-state index contributed by atoms with van der Waals surface area (Å²) in [5, 5.41) is 0. The van der Waals surface area contributed by atoms with Gasteiger partial charge in [-0.15, -0.1) is 0 Å². The molecule has 2 rings (SSSR count). The molecule has 1 unspecified atom stereocenters. The molecule has 0 bridgehead atoms. The van der Waals surface area contributed by atoms with Crippen LogP contribution in [0.1, 0.15) is 23.1 Å². The van der Waals surface area contributed by atoms with Crippen LogP contribution in [0.5, 0.6) is 0 Å². The Morgan fingerprint density at radius 2 is 2.00 bits per heavy atom. The summed E-state index contributed by atoms with van der Waals surface area (Å²) in [6.07, 6.45) is -2.12. The number of hydrogen-bond acceptors (Lipinski definition) is 2. The lowest BCUT2D eigenvalue weighted by atomic mass is 9.87. The van der Waals surface area contributed by atoms with E-state index >= 15 is 0 Å². The number of nitrogens with one attached hydrogen (secondary N) is 1. The minimum absolute atomic E-state index is 0.171. The third-order valence-corrected chi connectivity index (χ3v) is 3.00. The molecule has 2 nitrogen and oxygen atoms in total. The van der Waals surface area contributed by atoms with Gasteiger partial charge in [-0.3, -0.25) is 11.3 Å². The predicted molar refractivity (Wildman–Crippen MR) is 54.6 cm³/mol. The zero-order chi connectivity index (χ0) is 11.8. The number of hydrogen-bond donors (Lipinski definition) is 2. The molecule has 0 saturated carbocycles. The molecule has 0 radical (unpaired) electrons. The molecule has 0 amide bonds. The highest BCUT2D eigenvalue weighted by atomic mass is 19.4. The summed E-state index contributed by atoms with van der Waals surface area (Å²) in [5.74, 6) is 5.33. The first-order valence-electron chi connectivity index (χ1n) is 5.16. The van der Waals surface area contributed by atoms with Crippen LogP contribution in [0.15, 0.2) is 18.2 Å². The highest BCUT2D eigenvalue weighted by molar-refractivity contribution is 5.35. The van der Waals surface area contributed by atoms with Gasteiger partial charge in [-0.1, -0.05) is 6.07 Å². The third-order valence-electron chi connectivity index (χ3n) is 3.00. The highest BCUT2D eigenvalue weighted by Crippen LogP contribution is 2.32. The van der Waals surface area contributed by atoms with Gasteiger partial charge in [0.05, 0.1) is 5.56 Å². The van der Waals surface area contributed by atoms with Crippen molar-refractivity contribution in [2.75, 3.05) is 0 Å². The fourth-order valence-corrected chi connectivity index (χ4v) is 2.07. The highest BCUT2D eigenvalue weighted by Gasteiger charge is 2.31. The van der Waals surface area contributed by atoms with Crippen molar-refractivity contribution in [3.63, 3.8) is 0 Å². The van der Waals surface area contributed by atoms with Gasteiger partial charge in [0.15, 0.2) is 0 Å². The second-order valence-corrected chi connectivity index (χ2v) is 4.09. The third kappa shape index (κ3) is 2.20. The fourth-order valence-electron chi connectivity index (χ4n) is 2.07. The lowest BCUT2D eigenvalue weighted by Crippen LogP contribution is -2.39. The van der Waals surface area contributed by atoms with Crippen LogP contribution in [0, 0.1) is 0 Å². The lowest BCUT2D eigenvalue weighted by Gasteiger charge is -2.24. The average Bonchev–Trinajstić information content (AvgIpc) is 2.26. The van der Waals surface area contributed by atoms with Crippen LogP contribution in [0.3, 0.4) is 0 Å². The first-order valence-corrected chi connectivity index (χ1v) is 5.16. The molecule has 0 aromatic heterocycles. The van der Waals surface area contributed by atoms with Crippen LogP contribution < -0.4 is 11.3 Å². The topological polar surface area (TPSA) is 38.0 Å². The quantitative estimate of drug-likeness (QED) is 0.572. The van der Waals surface area contributed by atoms with E-state index in [-0.39, 0.29) is 6.04 Å². The maximum Gasteiger partial charge on any atom is 0.416 e.